The van der Waals surface area contributed by atoms with Gasteiger partial charge in [-0.05, 0) is 37.3 Å². The van der Waals surface area contributed by atoms with Crippen LogP contribution in [0.1, 0.15) is 16.1 Å². The average Bonchev–Trinajstić information content (AvgIpc) is 3.00. The first-order valence-corrected chi connectivity index (χ1v) is 8.67. The fourth-order valence-corrected chi connectivity index (χ4v) is 2.76. The third-order valence-electron chi connectivity index (χ3n) is 3.49. The maximum Gasteiger partial charge on any atom is 0.338 e. The van der Waals surface area contributed by atoms with Crippen LogP contribution < -0.4 is 5.32 Å². The molecule has 26 heavy (non-hydrogen) atoms. The average molecular weight is 414 g/mol. The number of hydrogen-bond donors (Lipinski definition) is 1. The van der Waals surface area contributed by atoms with Gasteiger partial charge in [-0.3, -0.25) is 4.79 Å². The molecule has 0 unspecified atom stereocenters. The van der Waals surface area contributed by atoms with Gasteiger partial charge in [0.25, 0.3) is 5.91 Å². The normalized spacial score (nSPS) is 10.4. The molecule has 0 saturated carbocycles. The van der Waals surface area contributed by atoms with Crippen LogP contribution in [0.5, 0.6) is 0 Å². The molecule has 132 valence electrons. The molecule has 3 rings (SSSR count). The van der Waals surface area contributed by atoms with Crippen LogP contribution in [-0.2, 0) is 9.53 Å². The number of aryl methyl sites for hydroxylation is 1. The smallest absolute Gasteiger partial charge is 0.338 e. The fourth-order valence-electron chi connectivity index (χ4n) is 2.36. The minimum atomic E-state index is -0.561. The lowest BCUT2D eigenvalue weighted by atomic mass is 10.2. The van der Waals surface area contributed by atoms with Crippen molar-refractivity contribution in [1.29, 1.82) is 0 Å². The Morgan fingerprint density at radius 2 is 1.88 bits per heavy atom. The standard InChI is InChI=1S/C19H16BrN3O3/c1-13-10-17(23(22-13)16-8-3-2-4-9-16)21-18(24)12-26-19(25)14-6-5-7-15(20)11-14/h2-11H,12H2,1H3,(H,21,24). The second-order valence-corrected chi connectivity index (χ2v) is 6.47. The van der Waals surface area contributed by atoms with E-state index in [2.05, 4.69) is 26.3 Å². The molecule has 1 N–H and O–H groups in total. The van der Waals surface area contributed by atoms with Crippen molar-refractivity contribution in [2.75, 3.05) is 11.9 Å². The van der Waals surface area contributed by atoms with Gasteiger partial charge in [0, 0.05) is 10.5 Å². The summed E-state index contributed by atoms with van der Waals surface area (Å²) in [6.45, 7) is 1.45. The zero-order valence-electron chi connectivity index (χ0n) is 14.0. The molecule has 1 aromatic heterocycles. The predicted octanol–water partition coefficient (Wildman–Crippen LogP) is 3.74. The summed E-state index contributed by atoms with van der Waals surface area (Å²) in [4.78, 5) is 24.2. The summed E-state index contributed by atoms with van der Waals surface area (Å²) in [6.07, 6.45) is 0. The van der Waals surface area contributed by atoms with Crippen molar-refractivity contribution in [1.82, 2.24) is 9.78 Å². The lowest BCUT2D eigenvalue weighted by molar-refractivity contribution is -0.119. The number of benzene rings is 2. The van der Waals surface area contributed by atoms with Gasteiger partial charge in [-0.15, -0.1) is 0 Å². The summed E-state index contributed by atoms with van der Waals surface area (Å²) in [5.41, 5.74) is 1.95. The number of anilines is 1. The van der Waals surface area contributed by atoms with Crippen LogP contribution in [0, 0.1) is 6.92 Å². The van der Waals surface area contributed by atoms with Crippen LogP contribution in [0.25, 0.3) is 5.69 Å². The highest BCUT2D eigenvalue weighted by Crippen LogP contribution is 2.17. The predicted molar refractivity (Wildman–Crippen MR) is 101 cm³/mol. The molecule has 0 aliphatic carbocycles. The second kappa shape index (κ2) is 7.97. The van der Waals surface area contributed by atoms with Crippen LogP contribution in [0.3, 0.4) is 0 Å². The summed E-state index contributed by atoms with van der Waals surface area (Å²) in [6, 6.07) is 18.0. The summed E-state index contributed by atoms with van der Waals surface area (Å²) < 4.78 is 7.46. The van der Waals surface area contributed by atoms with Crippen LogP contribution in [0.4, 0.5) is 5.82 Å². The molecular weight excluding hydrogens is 398 g/mol. The number of ether oxygens (including phenoxy) is 1. The van der Waals surface area contributed by atoms with Crippen molar-refractivity contribution in [3.63, 3.8) is 0 Å². The van der Waals surface area contributed by atoms with Crippen molar-refractivity contribution in [3.8, 4) is 5.69 Å². The minimum absolute atomic E-state index is 0.373. The molecule has 0 aliphatic heterocycles. The van der Waals surface area contributed by atoms with E-state index in [1.54, 1.807) is 35.0 Å². The largest absolute Gasteiger partial charge is 0.452 e. The Labute approximate surface area is 158 Å². The van der Waals surface area contributed by atoms with Gasteiger partial charge in [-0.2, -0.15) is 5.10 Å². The van der Waals surface area contributed by atoms with Gasteiger partial charge in [0.1, 0.15) is 5.82 Å². The molecule has 6 nitrogen and oxygen atoms in total. The van der Waals surface area contributed by atoms with Crippen molar-refractivity contribution in [3.05, 3.63) is 76.4 Å². The van der Waals surface area contributed by atoms with Gasteiger partial charge in [-0.25, -0.2) is 9.48 Å². The van der Waals surface area contributed by atoms with Gasteiger partial charge in [0.15, 0.2) is 6.61 Å². The summed E-state index contributed by atoms with van der Waals surface area (Å²) in [5.74, 6) is -0.489. The van der Waals surface area contributed by atoms with Gasteiger partial charge in [0.2, 0.25) is 0 Å². The molecule has 1 amide bonds. The lowest BCUT2D eigenvalue weighted by Crippen LogP contribution is -2.22. The Kier molecular flexibility index (Phi) is 5.48. The number of para-hydroxylation sites is 1. The number of aromatic nitrogens is 2. The highest BCUT2D eigenvalue weighted by molar-refractivity contribution is 9.10. The first-order valence-electron chi connectivity index (χ1n) is 7.87. The summed E-state index contributed by atoms with van der Waals surface area (Å²) in [7, 11) is 0. The zero-order chi connectivity index (χ0) is 18.5. The van der Waals surface area contributed by atoms with Crippen molar-refractivity contribution in [2.45, 2.75) is 6.92 Å². The van der Waals surface area contributed by atoms with E-state index in [9.17, 15) is 9.59 Å². The molecule has 0 fully saturated rings. The third kappa shape index (κ3) is 4.37. The van der Waals surface area contributed by atoms with Crippen LogP contribution in [-0.4, -0.2) is 28.3 Å². The highest BCUT2D eigenvalue weighted by atomic mass is 79.9. The molecule has 7 heteroatoms. The van der Waals surface area contributed by atoms with Gasteiger partial charge in [0.05, 0.1) is 16.9 Å². The quantitative estimate of drug-likeness (QED) is 0.646. The molecular formula is C19H16BrN3O3. The molecule has 1 heterocycles. The lowest BCUT2D eigenvalue weighted by Gasteiger charge is -2.09. The number of carbonyl (C=O) groups is 2. The number of hydrogen-bond acceptors (Lipinski definition) is 4. The number of carbonyl (C=O) groups excluding carboxylic acids is 2. The molecule has 0 saturated heterocycles. The first-order chi connectivity index (χ1) is 12.5. The maximum atomic E-state index is 12.2. The van der Waals surface area contributed by atoms with Crippen LogP contribution in [0.15, 0.2) is 65.1 Å². The van der Waals surface area contributed by atoms with Crippen LogP contribution in [0.2, 0.25) is 0 Å². The molecule has 0 atom stereocenters. The number of esters is 1. The van der Waals surface area contributed by atoms with Gasteiger partial charge < -0.3 is 10.1 Å². The molecule has 2 aromatic carbocycles. The summed E-state index contributed by atoms with van der Waals surface area (Å²) >= 11 is 3.29. The van der Waals surface area contributed by atoms with E-state index < -0.39 is 11.9 Å². The molecule has 0 radical (unpaired) electrons. The van der Waals surface area contributed by atoms with E-state index >= 15 is 0 Å². The van der Waals surface area contributed by atoms with Gasteiger partial charge >= 0.3 is 5.97 Å². The van der Waals surface area contributed by atoms with E-state index in [1.165, 1.54) is 0 Å². The minimum Gasteiger partial charge on any atom is -0.452 e. The highest BCUT2D eigenvalue weighted by Gasteiger charge is 2.14. The van der Waals surface area contributed by atoms with E-state index in [-0.39, 0.29) is 6.61 Å². The fraction of sp³-hybridized carbons (Fsp3) is 0.105. The Balaban J connectivity index is 1.65. The maximum absolute atomic E-state index is 12.2. The Hall–Kier alpha value is -2.93. The molecule has 0 aliphatic rings. The third-order valence-corrected chi connectivity index (χ3v) is 3.99. The van der Waals surface area contributed by atoms with E-state index in [0.717, 1.165) is 15.9 Å². The Morgan fingerprint density at radius 1 is 1.12 bits per heavy atom. The van der Waals surface area contributed by atoms with Crippen molar-refractivity contribution < 1.29 is 14.3 Å². The number of amides is 1. The van der Waals surface area contributed by atoms with Crippen molar-refractivity contribution >= 4 is 33.6 Å². The van der Waals surface area contributed by atoms with E-state index in [1.807, 2.05) is 37.3 Å². The topological polar surface area (TPSA) is 73.2 Å². The number of rotatable bonds is 5. The van der Waals surface area contributed by atoms with Crippen molar-refractivity contribution in [2.24, 2.45) is 0 Å². The van der Waals surface area contributed by atoms with E-state index in [0.29, 0.717) is 11.4 Å². The second-order valence-electron chi connectivity index (χ2n) is 5.55. The Bertz CT molecular complexity index is 938. The summed E-state index contributed by atoms with van der Waals surface area (Å²) in [5, 5.41) is 7.10. The number of nitrogens with zero attached hydrogens (tertiary/aromatic N) is 2. The van der Waals surface area contributed by atoms with E-state index in [4.69, 9.17) is 4.74 Å². The molecule has 3 aromatic rings. The SMILES string of the molecule is Cc1cc(NC(=O)COC(=O)c2cccc(Br)c2)n(-c2ccccc2)n1. The first kappa shape index (κ1) is 17.9. The Morgan fingerprint density at radius 3 is 2.62 bits per heavy atom. The number of halogens is 1. The molecule has 0 bridgehead atoms. The molecule has 0 spiro atoms. The van der Waals surface area contributed by atoms with Crippen LogP contribution >= 0.6 is 15.9 Å². The van der Waals surface area contributed by atoms with Gasteiger partial charge in [-0.1, -0.05) is 40.2 Å². The number of nitrogens with one attached hydrogen (secondary N) is 1. The monoisotopic (exact) mass is 413 g/mol. The zero-order valence-corrected chi connectivity index (χ0v) is 15.6.